The van der Waals surface area contributed by atoms with Gasteiger partial charge in [-0.15, -0.1) is 0 Å². The van der Waals surface area contributed by atoms with Crippen molar-refractivity contribution in [3.8, 4) is 5.75 Å². The molecule has 0 bridgehead atoms. The highest BCUT2D eigenvalue weighted by atomic mass is 16.5. The molecule has 1 aliphatic heterocycles. The van der Waals surface area contributed by atoms with Crippen LogP contribution in [-0.2, 0) is 14.3 Å². The molecule has 1 aliphatic rings. The van der Waals surface area contributed by atoms with Gasteiger partial charge in [-0.25, -0.2) is 4.98 Å². The summed E-state index contributed by atoms with van der Waals surface area (Å²) in [5.41, 5.74) is 1.03. The summed E-state index contributed by atoms with van der Waals surface area (Å²) in [6, 6.07) is 4.47. The molecule has 1 aromatic carbocycles. The zero-order chi connectivity index (χ0) is 26.2. The van der Waals surface area contributed by atoms with E-state index in [-0.39, 0.29) is 54.7 Å². The monoisotopic (exact) mass is 499 g/mol. The first-order valence-electron chi connectivity index (χ1n) is 11.7. The molecule has 0 saturated carbocycles. The number of fused-ring (bicyclic) bond motifs is 1. The summed E-state index contributed by atoms with van der Waals surface area (Å²) in [4.78, 5) is 50.1. The number of hydrogen-bond donors (Lipinski definition) is 1. The van der Waals surface area contributed by atoms with Crippen molar-refractivity contribution >= 4 is 23.4 Å². The Labute approximate surface area is 210 Å². The van der Waals surface area contributed by atoms with Crippen LogP contribution >= 0.6 is 0 Å². The van der Waals surface area contributed by atoms with Crippen LogP contribution in [0, 0.1) is 5.92 Å². The number of aromatic nitrogens is 2. The van der Waals surface area contributed by atoms with Gasteiger partial charge in [0, 0.05) is 64.4 Å². The third-order valence-electron chi connectivity index (χ3n) is 6.05. The molecule has 0 saturated heterocycles. The lowest BCUT2D eigenvalue weighted by atomic mass is 10.0. The van der Waals surface area contributed by atoms with Crippen molar-refractivity contribution in [3.05, 3.63) is 48.0 Å². The zero-order valence-corrected chi connectivity index (χ0v) is 21.3. The lowest BCUT2D eigenvalue weighted by Crippen LogP contribution is -2.48. The number of nitrogens with zero attached hydrogens (tertiary/aromatic N) is 4. The number of methoxy groups -OCH3 is 2. The summed E-state index contributed by atoms with van der Waals surface area (Å²) in [7, 11) is 4.71. The first kappa shape index (κ1) is 27.0. The predicted molar refractivity (Wildman–Crippen MR) is 132 cm³/mol. The van der Waals surface area contributed by atoms with Crippen LogP contribution in [0.3, 0.4) is 0 Å². The fourth-order valence-electron chi connectivity index (χ4n) is 4.02. The van der Waals surface area contributed by atoms with E-state index in [0.717, 1.165) is 0 Å². The zero-order valence-electron chi connectivity index (χ0n) is 21.3. The molecule has 3 rings (SSSR count). The van der Waals surface area contributed by atoms with Crippen LogP contribution in [-0.4, -0.2) is 97.2 Å². The Balaban J connectivity index is 1.97. The van der Waals surface area contributed by atoms with Crippen molar-refractivity contribution in [1.82, 2.24) is 19.8 Å². The Morgan fingerprint density at radius 1 is 1.19 bits per heavy atom. The minimum atomic E-state index is -0.369. The minimum absolute atomic E-state index is 0.0920. The van der Waals surface area contributed by atoms with Crippen LogP contribution in [0.4, 0.5) is 5.69 Å². The standard InChI is InChI=1S/C25H33N5O6/c1-16-12-30(25(33)20-11-26-8-9-27-20)17(2)14-36-21-10-18(28-23(31)15-34-4)6-7-19(21)24(32)29(3)13-22(16)35-5/h6-11,16-17,22H,12-15H2,1-5H3,(H,28,31)/t16-,17-,22+/m0/s1. The third kappa shape index (κ3) is 6.55. The van der Waals surface area contributed by atoms with Gasteiger partial charge in [-0.05, 0) is 19.1 Å². The SMILES string of the molecule is COCC(=O)Nc1ccc2c(c1)OC[C@H](C)N(C(=O)c1cnccn1)C[C@H](C)[C@H](OC)CN(C)C2=O. The molecule has 0 radical (unpaired) electrons. The van der Waals surface area contributed by atoms with E-state index in [4.69, 9.17) is 14.2 Å². The van der Waals surface area contributed by atoms with Gasteiger partial charge in [0.15, 0.2) is 0 Å². The second kappa shape index (κ2) is 12.4. The summed E-state index contributed by atoms with van der Waals surface area (Å²) in [6.45, 7) is 4.52. The molecule has 1 N–H and O–H groups in total. The van der Waals surface area contributed by atoms with Crippen LogP contribution in [0.5, 0.6) is 5.75 Å². The number of hydrogen-bond acceptors (Lipinski definition) is 8. The maximum absolute atomic E-state index is 13.4. The molecule has 3 amide bonds. The number of nitrogens with one attached hydrogen (secondary N) is 1. The Morgan fingerprint density at radius 2 is 1.97 bits per heavy atom. The van der Waals surface area contributed by atoms with Crippen LogP contribution in [0.1, 0.15) is 34.7 Å². The summed E-state index contributed by atoms with van der Waals surface area (Å²) in [5.74, 6) is -0.646. The first-order valence-corrected chi connectivity index (χ1v) is 11.7. The maximum atomic E-state index is 13.4. The van der Waals surface area contributed by atoms with Crippen molar-refractivity contribution in [1.29, 1.82) is 0 Å². The largest absolute Gasteiger partial charge is 0.491 e. The highest BCUT2D eigenvalue weighted by Gasteiger charge is 2.31. The van der Waals surface area contributed by atoms with E-state index < -0.39 is 0 Å². The average molecular weight is 500 g/mol. The van der Waals surface area contributed by atoms with E-state index in [9.17, 15) is 14.4 Å². The Bertz CT molecular complexity index is 1070. The van der Waals surface area contributed by atoms with Gasteiger partial charge >= 0.3 is 0 Å². The van der Waals surface area contributed by atoms with Gasteiger partial charge in [0.1, 0.15) is 24.7 Å². The van der Waals surface area contributed by atoms with E-state index in [1.54, 1.807) is 42.2 Å². The van der Waals surface area contributed by atoms with Crippen LogP contribution in [0.15, 0.2) is 36.8 Å². The van der Waals surface area contributed by atoms with Gasteiger partial charge in [-0.1, -0.05) is 6.92 Å². The van der Waals surface area contributed by atoms with E-state index in [2.05, 4.69) is 15.3 Å². The van der Waals surface area contributed by atoms with Gasteiger partial charge in [-0.2, -0.15) is 0 Å². The van der Waals surface area contributed by atoms with E-state index >= 15 is 0 Å². The van der Waals surface area contributed by atoms with Crippen LogP contribution in [0.2, 0.25) is 0 Å². The van der Waals surface area contributed by atoms with Gasteiger partial charge < -0.3 is 29.3 Å². The van der Waals surface area contributed by atoms with Crippen LogP contribution < -0.4 is 10.1 Å². The molecule has 0 fully saturated rings. The number of carbonyl (C=O) groups is 3. The third-order valence-corrected chi connectivity index (χ3v) is 6.05. The van der Waals surface area contributed by atoms with Gasteiger partial charge in [0.2, 0.25) is 5.91 Å². The van der Waals surface area contributed by atoms with Gasteiger partial charge in [-0.3, -0.25) is 19.4 Å². The smallest absolute Gasteiger partial charge is 0.274 e. The van der Waals surface area contributed by atoms with Crippen molar-refractivity contribution in [2.45, 2.75) is 26.0 Å². The molecule has 11 heteroatoms. The molecule has 194 valence electrons. The molecule has 36 heavy (non-hydrogen) atoms. The molecule has 0 spiro atoms. The number of amides is 3. The lowest BCUT2D eigenvalue weighted by Gasteiger charge is -2.35. The summed E-state index contributed by atoms with van der Waals surface area (Å²) in [5, 5.41) is 2.72. The van der Waals surface area contributed by atoms with Crippen molar-refractivity contribution in [2.24, 2.45) is 5.92 Å². The molecule has 0 aliphatic carbocycles. The highest BCUT2D eigenvalue weighted by Crippen LogP contribution is 2.27. The lowest BCUT2D eigenvalue weighted by molar-refractivity contribution is -0.119. The number of carbonyl (C=O) groups excluding carboxylic acids is 3. The second-order valence-corrected chi connectivity index (χ2v) is 8.84. The summed E-state index contributed by atoms with van der Waals surface area (Å²) >= 11 is 0. The molecule has 2 heterocycles. The van der Waals surface area contributed by atoms with Gasteiger partial charge in [0.25, 0.3) is 11.8 Å². The molecule has 1 aromatic heterocycles. The number of rotatable bonds is 5. The van der Waals surface area contributed by atoms with Gasteiger partial charge in [0.05, 0.1) is 23.9 Å². The molecule has 3 atom stereocenters. The topological polar surface area (TPSA) is 123 Å². The second-order valence-electron chi connectivity index (χ2n) is 8.84. The molecule has 0 unspecified atom stereocenters. The van der Waals surface area contributed by atoms with E-state index in [0.29, 0.717) is 30.1 Å². The Morgan fingerprint density at radius 3 is 2.64 bits per heavy atom. The Kier molecular flexibility index (Phi) is 9.31. The quantitative estimate of drug-likeness (QED) is 0.660. The predicted octanol–water partition coefficient (Wildman–Crippen LogP) is 1.71. The fourth-order valence-corrected chi connectivity index (χ4v) is 4.02. The van der Waals surface area contributed by atoms with Crippen LogP contribution in [0.25, 0.3) is 0 Å². The first-order chi connectivity index (χ1) is 17.2. The summed E-state index contributed by atoms with van der Waals surface area (Å²) in [6.07, 6.45) is 4.10. The molecular weight excluding hydrogens is 466 g/mol. The number of anilines is 1. The maximum Gasteiger partial charge on any atom is 0.274 e. The molecule has 11 nitrogen and oxygen atoms in total. The highest BCUT2D eigenvalue weighted by molar-refractivity contribution is 5.98. The fraction of sp³-hybridized carbons (Fsp3) is 0.480. The summed E-state index contributed by atoms with van der Waals surface area (Å²) < 4.78 is 16.7. The molecule has 2 aromatic rings. The minimum Gasteiger partial charge on any atom is -0.491 e. The number of likely N-dealkylation sites (N-methyl/N-ethyl adjacent to an activating group) is 1. The molecular formula is C25H33N5O6. The average Bonchev–Trinajstić information content (AvgIpc) is 2.88. The van der Waals surface area contributed by atoms with E-state index in [1.807, 2.05) is 13.8 Å². The number of benzene rings is 1. The van der Waals surface area contributed by atoms with E-state index in [1.165, 1.54) is 25.7 Å². The Hall–Kier alpha value is -3.57. The number of ether oxygens (including phenoxy) is 3. The van der Waals surface area contributed by atoms with Crippen molar-refractivity contribution < 1.29 is 28.6 Å². The van der Waals surface area contributed by atoms with Crippen molar-refractivity contribution in [2.75, 3.05) is 52.9 Å². The normalized spacial score (nSPS) is 21.0. The van der Waals surface area contributed by atoms with Crippen molar-refractivity contribution in [3.63, 3.8) is 0 Å².